The summed E-state index contributed by atoms with van der Waals surface area (Å²) in [4.78, 5) is 16.7. The highest BCUT2D eigenvalue weighted by atomic mass is 32.1. The van der Waals surface area contributed by atoms with E-state index in [0.29, 0.717) is 11.6 Å². The summed E-state index contributed by atoms with van der Waals surface area (Å²) in [7, 11) is 0. The number of anilines is 1. The summed E-state index contributed by atoms with van der Waals surface area (Å²) in [5, 5.41) is 5.66. The predicted octanol–water partition coefficient (Wildman–Crippen LogP) is 8.54. The van der Waals surface area contributed by atoms with Gasteiger partial charge in [-0.1, -0.05) is 114 Å². The van der Waals surface area contributed by atoms with Gasteiger partial charge in [-0.3, -0.25) is 4.79 Å². The number of carbonyl (C=O) groups excluding carboxylic acids is 1. The number of aromatic nitrogens is 1. The van der Waals surface area contributed by atoms with E-state index in [1.165, 1.54) is 87.5 Å². The lowest BCUT2D eigenvalue weighted by atomic mass is 10.0. The molecule has 0 unspecified atom stereocenters. The average molecular weight is 429 g/mol. The van der Waals surface area contributed by atoms with Crippen LogP contribution in [-0.4, -0.2) is 10.9 Å². The fourth-order valence-electron chi connectivity index (χ4n) is 3.67. The van der Waals surface area contributed by atoms with Crippen LogP contribution < -0.4 is 5.32 Å². The minimum atomic E-state index is 0.0860. The molecular weight excluding hydrogens is 388 g/mol. The molecule has 0 saturated heterocycles. The zero-order valence-electron chi connectivity index (χ0n) is 19.0. The van der Waals surface area contributed by atoms with E-state index in [0.717, 1.165) is 24.1 Å². The molecule has 0 aliphatic heterocycles. The Morgan fingerprint density at radius 1 is 0.833 bits per heavy atom. The highest BCUT2D eigenvalue weighted by molar-refractivity contribution is 7.14. The van der Waals surface area contributed by atoms with Crippen LogP contribution >= 0.6 is 11.3 Å². The molecule has 0 saturated carbocycles. The smallest absolute Gasteiger partial charge is 0.226 e. The molecule has 0 bridgehead atoms. The predicted molar refractivity (Wildman–Crippen MR) is 131 cm³/mol. The Kier molecular flexibility index (Phi) is 12.4. The molecule has 0 aliphatic rings. The van der Waals surface area contributed by atoms with Crippen molar-refractivity contribution < 1.29 is 4.79 Å². The van der Waals surface area contributed by atoms with Gasteiger partial charge >= 0.3 is 0 Å². The minimum absolute atomic E-state index is 0.0860. The highest BCUT2D eigenvalue weighted by Crippen LogP contribution is 2.25. The molecule has 0 spiro atoms. The third-order valence-electron chi connectivity index (χ3n) is 5.61. The molecule has 0 aliphatic carbocycles. The van der Waals surface area contributed by atoms with Crippen molar-refractivity contribution in [2.45, 2.75) is 104 Å². The van der Waals surface area contributed by atoms with E-state index in [1.54, 1.807) is 0 Å². The van der Waals surface area contributed by atoms with Crippen LogP contribution in [0, 0.1) is 6.92 Å². The van der Waals surface area contributed by atoms with Crippen LogP contribution in [0.15, 0.2) is 29.6 Å². The number of nitrogens with zero attached hydrogens (tertiary/aromatic N) is 1. The van der Waals surface area contributed by atoms with E-state index in [4.69, 9.17) is 0 Å². The maximum atomic E-state index is 12.2. The van der Waals surface area contributed by atoms with Crippen LogP contribution in [0.2, 0.25) is 0 Å². The quantitative estimate of drug-likeness (QED) is 0.272. The molecule has 1 N–H and O–H groups in total. The van der Waals surface area contributed by atoms with Gasteiger partial charge in [-0.2, -0.15) is 0 Å². The fourth-order valence-corrected chi connectivity index (χ4v) is 4.41. The molecule has 1 heterocycles. The largest absolute Gasteiger partial charge is 0.302 e. The number of nitrogens with one attached hydrogen (secondary N) is 1. The number of benzene rings is 1. The summed E-state index contributed by atoms with van der Waals surface area (Å²) in [6.45, 7) is 4.35. The van der Waals surface area contributed by atoms with Crippen molar-refractivity contribution >= 4 is 22.4 Å². The van der Waals surface area contributed by atoms with E-state index in [9.17, 15) is 4.79 Å². The Morgan fingerprint density at radius 3 is 1.93 bits per heavy atom. The topological polar surface area (TPSA) is 42.0 Å². The summed E-state index contributed by atoms with van der Waals surface area (Å²) >= 11 is 1.50. The van der Waals surface area contributed by atoms with E-state index >= 15 is 0 Å². The standard InChI is InChI=1S/C26H40N2OS/c1-3-4-5-6-7-8-9-10-11-12-13-14-15-16-25(29)28-26-27-24(21-30-26)23-19-17-22(2)18-20-23/h17-21H,3-16H2,1-2H3,(H,27,28,29). The number of rotatable bonds is 16. The zero-order valence-corrected chi connectivity index (χ0v) is 19.9. The number of carbonyl (C=O) groups is 1. The third kappa shape index (κ3) is 10.4. The van der Waals surface area contributed by atoms with Gasteiger partial charge in [-0.05, 0) is 13.3 Å². The first kappa shape index (κ1) is 24.6. The van der Waals surface area contributed by atoms with Gasteiger partial charge in [0.1, 0.15) is 0 Å². The minimum Gasteiger partial charge on any atom is -0.302 e. The van der Waals surface area contributed by atoms with Gasteiger partial charge in [0, 0.05) is 17.4 Å². The number of aryl methyl sites for hydroxylation is 1. The van der Waals surface area contributed by atoms with Crippen molar-refractivity contribution in [3.63, 3.8) is 0 Å². The van der Waals surface area contributed by atoms with Gasteiger partial charge in [-0.15, -0.1) is 11.3 Å². The molecule has 3 nitrogen and oxygen atoms in total. The van der Waals surface area contributed by atoms with Crippen LogP contribution in [-0.2, 0) is 4.79 Å². The first-order valence-corrected chi connectivity index (χ1v) is 12.9. The molecule has 0 fully saturated rings. The zero-order chi connectivity index (χ0) is 21.4. The second kappa shape index (κ2) is 15.2. The Morgan fingerprint density at radius 2 is 1.37 bits per heavy atom. The van der Waals surface area contributed by atoms with Crippen molar-refractivity contribution in [1.82, 2.24) is 4.98 Å². The monoisotopic (exact) mass is 428 g/mol. The van der Waals surface area contributed by atoms with E-state index in [1.807, 2.05) is 5.38 Å². The SMILES string of the molecule is CCCCCCCCCCCCCCCC(=O)Nc1nc(-c2ccc(C)cc2)cs1. The summed E-state index contributed by atoms with van der Waals surface area (Å²) in [6.07, 6.45) is 17.8. The Labute approximate surface area is 187 Å². The first-order valence-electron chi connectivity index (χ1n) is 12.0. The molecule has 0 radical (unpaired) electrons. The second-order valence-corrected chi connectivity index (χ2v) is 9.30. The first-order chi connectivity index (χ1) is 14.7. The number of hydrogen-bond donors (Lipinski definition) is 1. The summed E-state index contributed by atoms with van der Waals surface area (Å²) in [6, 6.07) is 8.32. The summed E-state index contributed by atoms with van der Waals surface area (Å²) in [5.41, 5.74) is 3.26. The summed E-state index contributed by atoms with van der Waals surface area (Å²) < 4.78 is 0. The average Bonchev–Trinajstić information content (AvgIpc) is 3.20. The van der Waals surface area contributed by atoms with Gasteiger partial charge in [0.05, 0.1) is 5.69 Å². The van der Waals surface area contributed by atoms with Crippen LogP contribution in [0.4, 0.5) is 5.13 Å². The fraction of sp³-hybridized carbons (Fsp3) is 0.615. The maximum absolute atomic E-state index is 12.2. The second-order valence-electron chi connectivity index (χ2n) is 8.44. The number of unbranched alkanes of at least 4 members (excludes halogenated alkanes) is 12. The van der Waals surface area contributed by atoms with Crippen molar-refractivity contribution in [1.29, 1.82) is 0 Å². The van der Waals surface area contributed by atoms with Crippen LogP contribution in [0.3, 0.4) is 0 Å². The van der Waals surface area contributed by atoms with Crippen LogP contribution in [0.5, 0.6) is 0 Å². The molecule has 2 aromatic rings. The normalized spacial score (nSPS) is 11.0. The molecule has 1 amide bonds. The number of hydrogen-bond acceptors (Lipinski definition) is 3. The Hall–Kier alpha value is -1.68. The number of thiazole rings is 1. The van der Waals surface area contributed by atoms with Gasteiger partial charge in [0.25, 0.3) is 0 Å². The lowest BCUT2D eigenvalue weighted by Crippen LogP contribution is -2.10. The molecule has 4 heteroatoms. The lowest BCUT2D eigenvalue weighted by molar-refractivity contribution is -0.116. The van der Waals surface area contributed by atoms with Gasteiger partial charge < -0.3 is 5.32 Å². The highest BCUT2D eigenvalue weighted by Gasteiger charge is 2.08. The van der Waals surface area contributed by atoms with Crippen molar-refractivity contribution in [2.75, 3.05) is 5.32 Å². The Balaban J connectivity index is 1.47. The molecule has 1 aromatic carbocycles. The molecule has 30 heavy (non-hydrogen) atoms. The van der Waals surface area contributed by atoms with E-state index < -0.39 is 0 Å². The van der Waals surface area contributed by atoms with Crippen LogP contribution in [0.1, 0.15) is 102 Å². The van der Waals surface area contributed by atoms with E-state index in [-0.39, 0.29) is 5.91 Å². The lowest BCUT2D eigenvalue weighted by Gasteiger charge is -2.04. The number of amides is 1. The van der Waals surface area contributed by atoms with Crippen molar-refractivity contribution in [3.05, 3.63) is 35.2 Å². The van der Waals surface area contributed by atoms with Crippen LogP contribution in [0.25, 0.3) is 11.3 Å². The third-order valence-corrected chi connectivity index (χ3v) is 6.36. The van der Waals surface area contributed by atoms with E-state index in [2.05, 4.69) is 48.4 Å². The summed E-state index contributed by atoms with van der Waals surface area (Å²) in [5.74, 6) is 0.0860. The molecule has 0 atom stereocenters. The van der Waals surface area contributed by atoms with Crippen molar-refractivity contribution in [3.8, 4) is 11.3 Å². The maximum Gasteiger partial charge on any atom is 0.226 e. The van der Waals surface area contributed by atoms with Gasteiger partial charge in [-0.25, -0.2) is 4.98 Å². The van der Waals surface area contributed by atoms with Gasteiger partial charge in [0.2, 0.25) is 5.91 Å². The Bertz CT molecular complexity index is 708. The molecular formula is C26H40N2OS. The molecule has 1 aromatic heterocycles. The van der Waals surface area contributed by atoms with Crippen molar-refractivity contribution in [2.24, 2.45) is 0 Å². The molecule has 2 rings (SSSR count). The molecule has 166 valence electrons. The van der Waals surface area contributed by atoms with Gasteiger partial charge in [0.15, 0.2) is 5.13 Å².